The Balaban J connectivity index is 0.000000376. The molecule has 8 atom stereocenters. The number of ether oxygens (including phenoxy) is 2. The molecule has 0 amide bonds. The van der Waals surface area contributed by atoms with Crippen molar-refractivity contribution >= 4 is 6.29 Å². The van der Waals surface area contributed by atoms with Crippen LogP contribution in [0.4, 0.5) is 0 Å². The quantitative estimate of drug-likeness (QED) is 0.211. The van der Waals surface area contributed by atoms with Crippen LogP contribution in [0.2, 0.25) is 0 Å². The molecule has 8 N–H and O–H groups in total. The van der Waals surface area contributed by atoms with Crippen molar-refractivity contribution in [3.63, 3.8) is 0 Å². The minimum absolute atomic E-state index is 0.0865. The van der Waals surface area contributed by atoms with Gasteiger partial charge in [0, 0.05) is 19.3 Å². The summed E-state index contributed by atoms with van der Waals surface area (Å²) in [5.74, 6) is 0. The summed E-state index contributed by atoms with van der Waals surface area (Å²) in [4.78, 5) is 9.68. The molecule has 0 aromatic carbocycles. The topological polar surface area (TPSA) is 197 Å². The molecule has 0 aromatic heterocycles. The smallest absolute Gasteiger partial charge is 0.157 e. The molecule has 2 heterocycles. The van der Waals surface area contributed by atoms with Crippen LogP contribution in [0.15, 0.2) is 0 Å². The molecule has 11 nitrogen and oxygen atoms in total. The van der Waals surface area contributed by atoms with Crippen molar-refractivity contribution in [3.8, 4) is 0 Å². The Hall–Kier alpha value is -0.730. The third kappa shape index (κ3) is 11.0. The molecule has 2 aliphatic rings. The van der Waals surface area contributed by atoms with Crippen LogP contribution in [-0.4, -0.2) is 116 Å². The van der Waals surface area contributed by atoms with Crippen molar-refractivity contribution in [3.05, 3.63) is 0 Å². The predicted molar refractivity (Wildman–Crippen MR) is 90.4 cm³/mol. The number of carbonyl (C=O) groups excluding carboxylic acids is 1. The van der Waals surface area contributed by atoms with E-state index in [1.165, 1.54) is 0 Å². The Kier molecular flexibility index (Phi) is 13.9. The van der Waals surface area contributed by atoms with Crippen LogP contribution in [-0.2, 0) is 14.3 Å². The van der Waals surface area contributed by atoms with E-state index in [1.807, 2.05) is 6.92 Å². The van der Waals surface area contributed by atoms with Crippen LogP contribution in [0.1, 0.15) is 26.2 Å². The van der Waals surface area contributed by atoms with Gasteiger partial charge in [-0.1, -0.05) is 0 Å². The zero-order valence-electron chi connectivity index (χ0n) is 15.2. The molecule has 0 bridgehead atoms. The lowest BCUT2D eigenvalue weighted by Crippen LogP contribution is -2.39. The second-order valence-electron chi connectivity index (χ2n) is 6.35. The number of rotatable bonds is 5. The van der Waals surface area contributed by atoms with Gasteiger partial charge in [-0.05, 0) is 6.92 Å². The highest BCUT2D eigenvalue weighted by Crippen LogP contribution is 2.17. The maximum absolute atomic E-state index is 9.68. The van der Waals surface area contributed by atoms with Crippen molar-refractivity contribution in [2.45, 2.75) is 75.2 Å². The molecule has 11 heteroatoms. The molecule has 162 valence electrons. The van der Waals surface area contributed by atoms with E-state index >= 15 is 0 Å². The first-order chi connectivity index (χ1) is 12.7. The van der Waals surface area contributed by atoms with Gasteiger partial charge in [-0.25, -0.2) is 0 Å². The fourth-order valence-corrected chi connectivity index (χ4v) is 2.19. The summed E-state index contributed by atoms with van der Waals surface area (Å²) >= 11 is 0. The highest BCUT2D eigenvalue weighted by atomic mass is 16.6. The number of carbonyl (C=O) groups is 1. The highest BCUT2D eigenvalue weighted by Gasteiger charge is 2.31. The van der Waals surface area contributed by atoms with Crippen LogP contribution in [0.5, 0.6) is 0 Å². The van der Waals surface area contributed by atoms with Crippen LogP contribution in [0.3, 0.4) is 0 Å². The van der Waals surface area contributed by atoms with E-state index in [-0.39, 0.29) is 32.2 Å². The van der Waals surface area contributed by atoms with Gasteiger partial charge in [0.15, 0.2) is 6.29 Å². The van der Waals surface area contributed by atoms with E-state index < -0.39 is 49.5 Å². The molecule has 27 heavy (non-hydrogen) atoms. The van der Waals surface area contributed by atoms with Crippen molar-refractivity contribution in [2.75, 3.05) is 19.8 Å². The maximum Gasteiger partial charge on any atom is 0.157 e. The van der Waals surface area contributed by atoms with Gasteiger partial charge in [0.2, 0.25) is 0 Å². The maximum atomic E-state index is 9.68. The monoisotopic (exact) mass is 400 g/mol. The number of aldehydes is 1. The Bertz CT molecular complexity index is 381. The average Bonchev–Trinajstić information content (AvgIpc) is 2.96. The normalized spacial score (nSPS) is 35.1. The fraction of sp³-hybridized carbons (Fsp3) is 0.938. The third-order valence-electron chi connectivity index (χ3n) is 3.92. The second-order valence-corrected chi connectivity index (χ2v) is 6.35. The Labute approximate surface area is 157 Å². The van der Waals surface area contributed by atoms with Crippen LogP contribution in [0, 0.1) is 0 Å². The first kappa shape index (κ1) is 26.3. The first-order valence-electron chi connectivity index (χ1n) is 8.66. The lowest BCUT2D eigenvalue weighted by Gasteiger charge is -2.27. The zero-order valence-corrected chi connectivity index (χ0v) is 15.2. The lowest BCUT2D eigenvalue weighted by atomic mass is 10.1. The molecule has 2 rings (SSSR count). The van der Waals surface area contributed by atoms with E-state index in [0.717, 1.165) is 0 Å². The number of aliphatic hydroxyl groups is 8. The zero-order chi connectivity index (χ0) is 21.0. The van der Waals surface area contributed by atoms with Gasteiger partial charge >= 0.3 is 0 Å². The molecular formula is C16H32O11. The molecule has 0 saturated carbocycles. The summed E-state index contributed by atoms with van der Waals surface area (Å²) < 4.78 is 9.73. The summed E-state index contributed by atoms with van der Waals surface area (Å²) in [5, 5.41) is 69.5. The Morgan fingerprint density at radius 1 is 1.00 bits per heavy atom. The predicted octanol–water partition coefficient (Wildman–Crippen LogP) is -3.75. The molecule has 0 aliphatic carbocycles. The average molecular weight is 400 g/mol. The van der Waals surface area contributed by atoms with Gasteiger partial charge in [-0.15, -0.1) is 0 Å². The largest absolute Gasteiger partial charge is 0.394 e. The number of aliphatic hydroxyl groups excluding tert-OH is 8. The van der Waals surface area contributed by atoms with Gasteiger partial charge in [-0.3, -0.25) is 0 Å². The van der Waals surface area contributed by atoms with Crippen molar-refractivity contribution in [1.82, 2.24) is 0 Å². The number of hydrogen-bond donors (Lipinski definition) is 8. The summed E-state index contributed by atoms with van der Waals surface area (Å²) in [7, 11) is 0. The molecule has 2 saturated heterocycles. The molecule has 0 aromatic rings. The van der Waals surface area contributed by atoms with Crippen LogP contribution in [0.25, 0.3) is 0 Å². The minimum Gasteiger partial charge on any atom is -0.394 e. The molecule has 2 unspecified atom stereocenters. The van der Waals surface area contributed by atoms with Gasteiger partial charge in [-0.2, -0.15) is 0 Å². The molecule has 2 fully saturated rings. The molecule has 0 radical (unpaired) electrons. The lowest BCUT2D eigenvalue weighted by molar-refractivity contribution is -0.115. The summed E-state index contributed by atoms with van der Waals surface area (Å²) in [6, 6.07) is 0. The van der Waals surface area contributed by atoms with Gasteiger partial charge in [0.25, 0.3) is 0 Å². The summed E-state index contributed by atoms with van der Waals surface area (Å²) in [6.07, 6.45) is -4.64. The fourth-order valence-electron chi connectivity index (χ4n) is 2.19. The number of hydrogen-bond acceptors (Lipinski definition) is 11. The Morgan fingerprint density at radius 3 is 1.96 bits per heavy atom. The third-order valence-corrected chi connectivity index (χ3v) is 3.92. The van der Waals surface area contributed by atoms with Crippen molar-refractivity contribution in [2.24, 2.45) is 0 Å². The van der Waals surface area contributed by atoms with Crippen molar-refractivity contribution < 1.29 is 55.1 Å². The van der Waals surface area contributed by atoms with Crippen LogP contribution < -0.4 is 0 Å². The summed E-state index contributed by atoms with van der Waals surface area (Å²) in [6.45, 7) is 1.39. The van der Waals surface area contributed by atoms with Gasteiger partial charge in [0.05, 0.1) is 44.2 Å². The first-order valence-corrected chi connectivity index (χ1v) is 8.66. The molecule has 2 aliphatic heterocycles. The highest BCUT2D eigenvalue weighted by molar-refractivity contribution is 5.50. The van der Waals surface area contributed by atoms with Crippen molar-refractivity contribution in [1.29, 1.82) is 0 Å². The standard InChI is InChI=1S/C6H12O3.2C5H10O4/c1-4-2-5(7)6(8)3-9-4;6-2-4-3(7)1-5(8)9-4;6-2-1-4(8)5(9)3-7/h4-8H,2-3H2,1H3;3-8H,1-2H2;2,4-5,7-9H,1,3H2/t4?,5-,6+;3-,4+,5?;4-,5+/m000/s1. The Morgan fingerprint density at radius 2 is 1.63 bits per heavy atom. The van der Waals surface area contributed by atoms with Gasteiger partial charge in [0.1, 0.15) is 24.6 Å². The van der Waals surface area contributed by atoms with Crippen LogP contribution >= 0.6 is 0 Å². The minimum atomic E-state index is -1.20. The summed E-state index contributed by atoms with van der Waals surface area (Å²) in [5.41, 5.74) is 0. The van der Waals surface area contributed by atoms with E-state index in [1.54, 1.807) is 0 Å². The van der Waals surface area contributed by atoms with E-state index in [4.69, 9.17) is 45.6 Å². The van der Waals surface area contributed by atoms with Gasteiger partial charge < -0.3 is 55.1 Å². The SMILES string of the molecule is CC1C[C@H](O)[C@H](O)CO1.O=CC[C@H](O)[C@H](O)CO.OC[C@H]1OC(O)C[C@@H]1O. The van der Waals surface area contributed by atoms with E-state index in [2.05, 4.69) is 4.74 Å². The van der Waals surface area contributed by atoms with E-state index in [0.29, 0.717) is 12.7 Å². The van der Waals surface area contributed by atoms with E-state index in [9.17, 15) is 4.79 Å². The molecule has 0 spiro atoms. The molecular weight excluding hydrogens is 368 g/mol. The second kappa shape index (κ2) is 14.3.